The van der Waals surface area contributed by atoms with Crippen LogP contribution in [0.3, 0.4) is 0 Å². The number of rotatable bonds is 6. The van der Waals surface area contributed by atoms with Crippen molar-refractivity contribution in [2.45, 2.75) is 41.5 Å². The molecule has 0 heterocycles. The third kappa shape index (κ3) is 10.2. The van der Waals surface area contributed by atoms with E-state index in [1.165, 1.54) is 65.2 Å². The molecule has 0 spiro atoms. The molecule has 6 aromatic rings. The van der Waals surface area contributed by atoms with Crippen LogP contribution in [0.4, 0.5) is 0 Å². The maximum absolute atomic E-state index is 2.33. The number of hydrogen-bond donors (Lipinski definition) is 0. The first-order valence-electron chi connectivity index (χ1n) is 15.5. The number of hydrogen-bond acceptors (Lipinski definition) is 0. The molecule has 6 aromatic carbocycles. The van der Waals surface area contributed by atoms with Gasteiger partial charge < -0.3 is 0 Å². The van der Waals surface area contributed by atoms with Crippen molar-refractivity contribution in [2.75, 3.05) is 0 Å². The monoisotopic (exact) mass is 968 g/mol. The molecular weight excluding hydrogens is 927 g/mol. The van der Waals surface area contributed by atoms with Crippen molar-refractivity contribution in [2.24, 2.45) is 0 Å². The molecule has 0 bridgehead atoms. The van der Waals surface area contributed by atoms with Crippen molar-refractivity contribution >= 4 is 86.7 Å². The predicted octanol–water partition coefficient (Wildman–Crippen LogP) is 10.5. The molecule has 47 heavy (non-hydrogen) atoms. The molecule has 0 aliphatic rings. The number of aryl methyl sites for hydroxylation is 6. The third-order valence-electron chi connectivity index (χ3n) is 8.14. The Morgan fingerprint density at radius 2 is 0.426 bits per heavy atom. The molecule has 0 nitrogen and oxygen atoms in total. The summed E-state index contributed by atoms with van der Waals surface area (Å²) in [6.07, 6.45) is 0. The average Bonchev–Trinajstić information content (AvgIpc) is 3.07. The molecule has 6 rings (SSSR count). The zero-order valence-electron chi connectivity index (χ0n) is 27.8. The first kappa shape index (κ1) is 38.1. The molecule has 5 heteroatoms. The molecule has 0 saturated heterocycles. The Labute approximate surface area is 314 Å². The van der Waals surface area contributed by atoms with Crippen LogP contribution in [0.1, 0.15) is 33.4 Å². The van der Waals surface area contributed by atoms with E-state index in [0.717, 1.165) is 10.8 Å². The van der Waals surface area contributed by atoms with Gasteiger partial charge in [-0.25, -0.2) is 0 Å². The van der Waals surface area contributed by atoms with Gasteiger partial charge >= 0.3 is 49.8 Å². The van der Waals surface area contributed by atoms with E-state index >= 15 is 0 Å². The molecular formula is C42H42I2P2Pd. The molecule has 0 radical (unpaired) electrons. The summed E-state index contributed by atoms with van der Waals surface area (Å²) in [5.41, 5.74) is 8.25. The number of halogens is 2. The van der Waals surface area contributed by atoms with E-state index in [9.17, 15) is 0 Å². The van der Waals surface area contributed by atoms with Crippen LogP contribution in [0.15, 0.2) is 146 Å². The fraction of sp³-hybridized carbons (Fsp3) is 0.143. The molecule has 0 aliphatic carbocycles. The zero-order valence-corrected chi connectivity index (χ0v) is 35.5. The second-order valence-electron chi connectivity index (χ2n) is 11.4. The first-order chi connectivity index (χ1) is 22.8. The summed E-state index contributed by atoms with van der Waals surface area (Å²) in [4.78, 5) is 0. The van der Waals surface area contributed by atoms with Gasteiger partial charge in [0.15, 0.2) is 0 Å². The molecule has 0 unspecified atom stereocenters. The Morgan fingerprint density at radius 3 is 0.553 bits per heavy atom. The quantitative estimate of drug-likeness (QED) is 0.0887. The second kappa shape index (κ2) is 19.5. The summed E-state index contributed by atoms with van der Waals surface area (Å²) in [6.45, 7) is 13.3. The Bertz CT molecular complexity index is 1530. The molecule has 0 aliphatic heterocycles. The molecule has 0 saturated carbocycles. The van der Waals surface area contributed by atoms with Crippen LogP contribution in [-0.4, -0.2) is 0 Å². The van der Waals surface area contributed by atoms with E-state index in [0.29, 0.717) is 0 Å². The summed E-state index contributed by atoms with van der Waals surface area (Å²) < 4.78 is 0. The van der Waals surface area contributed by atoms with Crippen molar-refractivity contribution in [3.05, 3.63) is 179 Å². The first-order valence-corrected chi connectivity index (χ1v) is 27.5. The molecule has 244 valence electrons. The Balaban J connectivity index is 0.000000197. The van der Waals surface area contributed by atoms with Crippen molar-refractivity contribution in [1.82, 2.24) is 0 Å². The van der Waals surface area contributed by atoms with Crippen LogP contribution >= 0.6 is 54.9 Å². The molecule has 0 N–H and O–H groups in total. The third-order valence-corrected chi connectivity index (χ3v) is 14.0. The van der Waals surface area contributed by atoms with E-state index in [1.54, 1.807) is 0 Å². The Kier molecular flexibility index (Phi) is 15.8. The van der Waals surface area contributed by atoms with Gasteiger partial charge in [-0.3, -0.25) is 0 Å². The van der Waals surface area contributed by atoms with Crippen molar-refractivity contribution in [1.29, 1.82) is 0 Å². The second-order valence-corrected chi connectivity index (χ2v) is 27.6. The Morgan fingerprint density at radius 1 is 0.298 bits per heavy atom. The summed E-state index contributed by atoms with van der Waals surface area (Å²) in [6, 6.07) is 52.8. The summed E-state index contributed by atoms with van der Waals surface area (Å²) in [5.74, 6) is 0. The van der Waals surface area contributed by atoms with Crippen molar-refractivity contribution in [3.63, 3.8) is 0 Å². The van der Waals surface area contributed by atoms with Crippen LogP contribution in [0.25, 0.3) is 0 Å². The van der Waals surface area contributed by atoms with E-state index in [4.69, 9.17) is 0 Å². The fourth-order valence-electron chi connectivity index (χ4n) is 5.66. The molecule has 0 atom stereocenters. The minimum atomic E-state index is -0.508. The molecule has 0 amide bonds. The predicted molar refractivity (Wildman–Crippen MR) is 227 cm³/mol. The maximum atomic E-state index is 2.33. The van der Waals surface area contributed by atoms with Gasteiger partial charge in [-0.2, -0.15) is 0 Å². The van der Waals surface area contributed by atoms with E-state index in [-0.39, 0.29) is 0 Å². The Hall–Kier alpha value is -1.70. The fourth-order valence-corrected chi connectivity index (χ4v) is 11.2. The SMILES string of the molecule is Cc1ccccc1P(c1ccccc1C)c1ccccc1C.Cc1ccccc1P(c1ccccc1C)c1ccccc1C.[I][Pd][I]. The van der Waals surface area contributed by atoms with Crippen LogP contribution in [0, 0.1) is 41.5 Å². The van der Waals surface area contributed by atoms with Crippen LogP contribution in [-0.2, 0) is 10.8 Å². The van der Waals surface area contributed by atoms with Gasteiger partial charge in [0.2, 0.25) is 0 Å². The molecule has 0 fully saturated rings. The van der Waals surface area contributed by atoms with Crippen molar-refractivity contribution in [3.8, 4) is 0 Å². The van der Waals surface area contributed by atoms with Gasteiger partial charge in [-0.1, -0.05) is 146 Å². The van der Waals surface area contributed by atoms with E-state index in [2.05, 4.69) is 226 Å². The number of benzene rings is 6. The average molecular weight is 969 g/mol. The topological polar surface area (TPSA) is 0 Å². The van der Waals surface area contributed by atoms with Gasteiger partial charge in [-0.05, 0) is 123 Å². The zero-order chi connectivity index (χ0) is 33.8. The normalized spacial score (nSPS) is 10.7. The van der Waals surface area contributed by atoms with Crippen LogP contribution in [0.5, 0.6) is 0 Å². The van der Waals surface area contributed by atoms with Gasteiger partial charge in [0, 0.05) is 0 Å². The van der Waals surface area contributed by atoms with E-state index < -0.39 is 15.8 Å². The van der Waals surface area contributed by atoms with E-state index in [1.807, 2.05) is 0 Å². The van der Waals surface area contributed by atoms with Gasteiger partial charge in [0.25, 0.3) is 0 Å². The van der Waals surface area contributed by atoms with Gasteiger partial charge in [0.05, 0.1) is 0 Å². The van der Waals surface area contributed by atoms with Gasteiger partial charge in [0.1, 0.15) is 0 Å². The van der Waals surface area contributed by atoms with Crippen LogP contribution < -0.4 is 31.8 Å². The van der Waals surface area contributed by atoms with Gasteiger partial charge in [-0.15, -0.1) is 0 Å². The molecule has 0 aromatic heterocycles. The standard InChI is InChI=1S/2C21H21P.2HI.Pd/c2*1-16-10-4-7-13-19(16)22(20-14-8-5-11-17(20)2)21-15-9-6-12-18(21)3;;;/h2*4-15H,1-3H3;2*1H;/q;;;;+2/p-2. The summed E-state index contributed by atoms with van der Waals surface area (Å²) in [7, 11) is -0.127. The summed E-state index contributed by atoms with van der Waals surface area (Å²) >= 11 is 4.65. The minimum absolute atomic E-state index is 0.508. The summed E-state index contributed by atoms with van der Waals surface area (Å²) in [5, 5.41) is 8.76. The van der Waals surface area contributed by atoms with Crippen LogP contribution in [0.2, 0.25) is 0 Å². The van der Waals surface area contributed by atoms with Crippen molar-refractivity contribution < 1.29 is 10.8 Å².